The van der Waals surface area contributed by atoms with E-state index >= 15 is 0 Å². The van der Waals surface area contributed by atoms with Crippen LogP contribution in [0.2, 0.25) is 0 Å². The third-order valence-electron chi connectivity index (χ3n) is 0. The SMILES string of the molecule is O.O.O.O.O.O.O.O.O.O.O.O.O.O.O.O.[CaH2].[CaH2].[CaH2].[CaH2].[CaH2].[CaH2].[CaH2].[CaH2]. The summed E-state index contributed by atoms with van der Waals surface area (Å²) in [5, 5.41) is 0. The first-order valence-corrected chi connectivity index (χ1v) is 0. The van der Waals surface area contributed by atoms with Crippen LogP contribution in [-0.2, 0) is 0 Å². The molecule has 0 atom stereocenters. The van der Waals surface area contributed by atoms with Crippen molar-refractivity contribution in [1.29, 1.82) is 0 Å². The molecule has 0 aliphatic rings. The zero-order valence-corrected chi connectivity index (χ0v) is 8.00. The summed E-state index contributed by atoms with van der Waals surface area (Å²) in [6.07, 6.45) is 0. The molecule has 0 aromatic rings. The first-order valence-electron chi connectivity index (χ1n) is 0. The van der Waals surface area contributed by atoms with Crippen LogP contribution in [0.25, 0.3) is 0 Å². The van der Waals surface area contributed by atoms with E-state index in [-0.39, 0.29) is 390 Å². The van der Waals surface area contributed by atoms with Gasteiger partial charge in [0.15, 0.2) is 0 Å². The fourth-order valence-electron chi connectivity index (χ4n) is 0. The van der Waals surface area contributed by atoms with Crippen LogP contribution in [0.3, 0.4) is 0 Å². The molecule has 0 radical (unpaired) electrons. The summed E-state index contributed by atoms with van der Waals surface area (Å²) >= 11 is 0. The van der Waals surface area contributed by atoms with E-state index in [0.29, 0.717) is 0 Å². The fourth-order valence-corrected chi connectivity index (χ4v) is 0. The average Bonchev–Trinajstić information content (AvgIpc) is 0. The molecule has 0 aliphatic heterocycles. The quantitative estimate of drug-likeness (QED) is 0.226. The zero-order valence-electron chi connectivity index (χ0n) is 8.00. The van der Waals surface area contributed by atoms with Gasteiger partial charge in [0.05, 0.1) is 0 Å². The van der Waals surface area contributed by atoms with E-state index in [1.165, 1.54) is 0 Å². The number of hydrogen-bond acceptors (Lipinski definition) is 0. The first kappa shape index (κ1) is 395. The van der Waals surface area contributed by atoms with Gasteiger partial charge in [-0.3, -0.25) is 0 Å². The van der Waals surface area contributed by atoms with Crippen molar-refractivity contribution >= 4 is 302 Å². The van der Waals surface area contributed by atoms with Gasteiger partial charge in [-0.05, 0) is 0 Å². The predicted octanol–water partition coefficient (Wildman–Crippen LogP) is -20.5. The van der Waals surface area contributed by atoms with Gasteiger partial charge in [0.2, 0.25) is 0 Å². The van der Waals surface area contributed by atoms with E-state index in [0.717, 1.165) is 0 Å². The molecule has 24 heteroatoms. The Morgan fingerprint density at radius 1 is 0.0833 bits per heavy atom. The van der Waals surface area contributed by atoms with Gasteiger partial charge in [0.1, 0.15) is 0 Å². The molecule has 0 unspecified atom stereocenters. The van der Waals surface area contributed by atoms with Crippen LogP contribution in [-0.4, -0.2) is 390 Å². The van der Waals surface area contributed by atoms with E-state index in [9.17, 15) is 0 Å². The number of hydrogen-bond donors (Lipinski definition) is 0. The Kier molecular flexibility index (Phi) is 5920. The van der Waals surface area contributed by atoms with Gasteiger partial charge in [0, 0.05) is 0 Å². The molecule has 0 saturated carbocycles. The zero-order chi connectivity index (χ0) is 0. The molecule has 0 aliphatic carbocycles. The van der Waals surface area contributed by atoms with Gasteiger partial charge in [0.25, 0.3) is 0 Å². The maximum atomic E-state index is 0. The molecule has 16 nitrogen and oxygen atoms in total. The van der Waals surface area contributed by atoms with Crippen LogP contribution in [0.1, 0.15) is 0 Å². The fraction of sp³-hybridized carbons (Fsp3) is 0. The van der Waals surface area contributed by atoms with Crippen LogP contribution in [0, 0.1) is 0 Å². The third kappa shape index (κ3) is 327. The normalized spacial score (nSPS) is 0. The van der Waals surface area contributed by atoms with Crippen molar-refractivity contribution in [1.82, 2.24) is 0 Å². The van der Waals surface area contributed by atoms with Crippen molar-refractivity contribution in [3.63, 3.8) is 0 Å². The Labute approximate surface area is 378 Å². The molecule has 32 N–H and O–H groups in total. The van der Waals surface area contributed by atoms with Crippen molar-refractivity contribution < 1.29 is 87.6 Å². The number of rotatable bonds is 0. The molecular formula is H48Ca8O16. The summed E-state index contributed by atoms with van der Waals surface area (Å²) < 4.78 is 0. The second-order valence-corrected chi connectivity index (χ2v) is 0. The molecule has 0 bridgehead atoms. The molecule has 0 fully saturated rings. The Morgan fingerprint density at radius 3 is 0.0833 bits per heavy atom. The topological polar surface area (TPSA) is 504 Å². The Bertz CT molecular complexity index is 22.0. The van der Waals surface area contributed by atoms with Gasteiger partial charge in [-0.25, -0.2) is 0 Å². The van der Waals surface area contributed by atoms with E-state index in [1.807, 2.05) is 0 Å². The minimum absolute atomic E-state index is 0. The summed E-state index contributed by atoms with van der Waals surface area (Å²) in [5.41, 5.74) is 0. The molecular weight excluding hydrogens is 577 g/mol. The van der Waals surface area contributed by atoms with Crippen LogP contribution in [0.5, 0.6) is 0 Å². The maximum absolute atomic E-state index is 0. The van der Waals surface area contributed by atoms with Gasteiger partial charge < -0.3 is 87.6 Å². The van der Waals surface area contributed by atoms with Crippen LogP contribution < -0.4 is 0 Å². The Balaban J connectivity index is 0. The van der Waals surface area contributed by atoms with Gasteiger partial charge >= 0.3 is 302 Å². The van der Waals surface area contributed by atoms with E-state index in [4.69, 9.17) is 0 Å². The summed E-state index contributed by atoms with van der Waals surface area (Å²) in [4.78, 5) is 0. The molecule has 160 valence electrons. The molecule has 0 aromatic carbocycles. The van der Waals surface area contributed by atoms with Crippen molar-refractivity contribution in [3.8, 4) is 0 Å². The second-order valence-electron chi connectivity index (χ2n) is 0. The van der Waals surface area contributed by atoms with Crippen molar-refractivity contribution in [2.75, 3.05) is 0 Å². The van der Waals surface area contributed by atoms with Crippen molar-refractivity contribution in [2.45, 2.75) is 0 Å². The van der Waals surface area contributed by atoms with Crippen LogP contribution in [0.15, 0.2) is 0 Å². The van der Waals surface area contributed by atoms with Crippen LogP contribution in [0.4, 0.5) is 0 Å². The second kappa shape index (κ2) is 360. The van der Waals surface area contributed by atoms with Gasteiger partial charge in [-0.2, -0.15) is 0 Å². The standard InChI is InChI=1S/8Ca.16H2O.16H/h;;;;;;;;16*1H2;;;;;;;;;;;;;;;;. The first-order chi connectivity index (χ1) is 0. The summed E-state index contributed by atoms with van der Waals surface area (Å²) in [7, 11) is 0. The Morgan fingerprint density at radius 2 is 0.0833 bits per heavy atom. The molecule has 0 aromatic heterocycles. The van der Waals surface area contributed by atoms with Crippen molar-refractivity contribution in [3.05, 3.63) is 0 Å². The van der Waals surface area contributed by atoms with Crippen molar-refractivity contribution in [2.24, 2.45) is 0 Å². The Hall–Kier alpha value is 9.44. The van der Waals surface area contributed by atoms with Gasteiger partial charge in [-0.1, -0.05) is 0 Å². The minimum atomic E-state index is 0. The third-order valence-corrected chi connectivity index (χ3v) is 0. The molecule has 0 rings (SSSR count). The average molecular weight is 625 g/mol. The van der Waals surface area contributed by atoms with E-state index < -0.39 is 0 Å². The van der Waals surface area contributed by atoms with Crippen LogP contribution >= 0.6 is 0 Å². The summed E-state index contributed by atoms with van der Waals surface area (Å²) in [6, 6.07) is 0. The molecule has 24 heavy (non-hydrogen) atoms. The molecule has 0 heterocycles. The van der Waals surface area contributed by atoms with Gasteiger partial charge in [-0.15, -0.1) is 0 Å². The molecule has 0 amide bonds. The predicted molar refractivity (Wildman–Crippen MR) is 126 cm³/mol. The summed E-state index contributed by atoms with van der Waals surface area (Å²) in [6.45, 7) is 0. The molecule has 0 saturated heterocycles. The summed E-state index contributed by atoms with van der Waals surface area (Å²) in [5.74, 6) is 0. The van der Waals surface area contributed by atoms with E-state index in [1.54, 1.807) is 0 Å². The monoisotopic (exact) mass is 624 g/mol. The molecule has 0 spiro atoms. The van der Waals surface area contributed by atoms with E-state index in [2.05, 4.69) is 0 Å².